The van der Waals surface area contributed by atoms with E-state index in [1.165, 1.54) is 6.92 Å². The molecule has 0 spiro atoms. The van der Waals surface area contributed by atoms with Gasteiger partial charge in [0, 0.05) is 11.9 Å². The molecular weight excluding hydrogens is 388 g/mol. The van der Waals surface area contributed by atoms with Gasteiger partial charge in [0.2, 0.25) is 0 Å². The molecule has 0 aliphatic rings. The smallest absolute Gasteiger partial charge is 0.360 e. The van der Waals surface area contributed by atoms with Gasteiger partial charge >= 0.3 is 12.0 Å². The Labute approximate surface area is 171 Å². The number of hydrogen-bond donors (Lipinski definition) is 2. The van der Waals surface area contributed by atoms with E-state index in [2.05, 4.69) is 15.7 Å². The fourth-order valence-corrected chi connectivity index (χ4v) is 2.77. The molecule has 0 saturated heterocycles. The van der Waals surface area contributed by atoms with Crippen LogP contribution in [-0.2, 0) is 9.53 Å². The lowest BCUT2D eigenvalue weighted by Gasteiger charge is -2.14. The summed E-state index contributed by atoms with van der Waals surface area (Å²) < 4.78 is 6.32. The molecule has 9 nitrogen and oxygen atoms in total. The molecule has 0 unspecified atom stereocenters. The highest BCUT2D eigenvalue weighted by molar-refractivity contribution is 6.03. The first-order valence-corrected chi connectivity index (χ1v) is 9.29. The highest BCUT2D eigenvalue weighted by Gasteiger charge is 2.24. The van der Waals surface area contributed by atoms with E-state index >= 15 is 0 Å². The second-order valence-corrected chi connectivity index (χ2v) is 6.34. The molecule has 154 valence electrons. The van der Waals surface area contributed by atoms with Crippen LogP contribution in [0.1, 0.15) is 24.3 Å². The Kier molecular flexibility index (Phi) is 6.21. The highest BCUT2D eigenvalue weighted by Crippen LogP contribution is 2.16. The first-order chi connectivity index (χ1) is 14.4. The van der Waals surface area contributed by atoms with Crippen molar-refractivity contribution in [2.75, 3.05) is 6.54 Å². The third-order valence-corrected chi connectivity index (χ3v) is 4.23. The van der Waals surface area contributed by atoms with Crippen molar-refractivity contribution in [3.05, 3.63) is 70.6 Å². The van der Waals surface area contributed by atoms with Crippen LogP contribution in [0, 0.1) is 0 Å². The Morgan fingerprint density at radius 2 is 1.67 bits per heavy atom. The number of amides is 3. The number of urea groups is 1. The zero-order chi connectivity index (χ0) is 21.7. The van der Waals surface area contributed by atoms with Crippen molar-refractivity contribution in [1.82, 2.24) is 20.4 Å². The lowest BCUT2D eigenvalue weighted by Crippen LogP contribution is -2.44. The molecule has 30 heavy (non-hydrogen) atoms. The summed E-state index contributed by atoms with van der Waals surface area (Å²) in [6, 6.07) is 14.5. The summed E-state index contributed by atoms with van der Waals surface area (Å²) in [7, 11) is 0. The molecule has 0 aliphatic carbocycles. The van der Waals surface area contributed by atoms with E-state index in [9.17, 15) is 19.2 Å². The van der Waals surface area contributed by atoms with Crippen LogP contribution in [0.3, 0.4) is 0 Å². The molecule has 1 atom stereocenters. The summed E-state index contributed by atoms with van der Waals surface area (Å²) in [5, 5.41) is 9.26. The number of nitrogens with zero attached hydrogens (tertiary/aromatic N) is 2. The van der Waals surface area contributed by atoms with Gasteiger partial charge in [0.05, 0.1) is 11.1 Å². The summed E-state index contributed by atoms with van der Waals surface area (Å²) in [6.45, 7) is 3.37. The van der Waals surface area contributed by atoms with Crippen molar-refractivity contribution in [2.45, 2.75) is 20.0 Å². The Morgan fingerprint density at radius 1 is 1.03 bits per heavy atom. The lowest BCUT2D eigenvalue weighted by molar-refractivity contribution is -0.127. The monoisotopic (exact) mass is 408 g/mol. The number of carbonyl (C=O) groups is 3. The number of ether oxygens (including phenoxy) is 1. The van der Waals surface area contributed by atoms with Gasteiger partial charge in [0.1, 0.15) is 0 Å². The minimum atomic E-state index is -1.25. The van der Waals surface area contributed by atoms with Crippen molar-refractivity contribution in [1.29, 1.82) is 0 Å². The molecule has 0 radical (unpaired) electrons. The molecule has 1 aromatic heterocycles. The van der Waals surface area contributed by atoms with Gasteiger partial charge in [-0.25, -0.2) is 9.59 Å². The number of esters is 1. The number of benzene rings is 2. The van der Waals surface area contributed by atoms with E-state index in [-0.39, 0.29) is 11.1 Å². The van der Waals surface area contributed by atoms with E-state index in [4.69, 9.17) is 4.74 Å². The summed E-state index contributed by atoms with van der Waals surface area (Å²) >= 11 is 0. The van der Waals surface area contributed by atoms with Crippen LogP contribution < -0.4 is 16.2 Å². The largest absolute Gasteiger partial charge is 0.448 e. The number of rotatable bonds is 5. The van der Waals surface area contributed by atoms with Gasteiger partial charge in [0.25, 0.3) is 11.5 Å². The third kappa shape index (κ3) is 4.35. The van der Waals surface area contributed by atoms with Crippen LogP contribution in [-0.4, -0.2) is 40.3 Å². The molecule has 3 rings (SSSR count). The molecule has 0 saturated carbocycles. The third-order valence-electron chi connectivity index (χ3n) is 4.23. The zero-order valence-electron chi connectivity index (χ0n) is 16.4. The zero-order valence-corrected chi connectivity index (χ0v) is 16.4. The van der Waals surface area contributed by atoms with Crippen molar-refractivity contribution < 1.29 is 19.1 Å². The maximum Gasteiger partial charge on any atom is 0.360 e. The van der Waals surface area contributed by atoms with E-state index in [0.717, 1.165) is 4.68 Å². The Morgan fingerprint density at radius 3 is 2.33 bits per heavy atom. The van der Waals surface area contributed by atoms with Crippen LogP contribution in [0.15, 0.2) is 59.4 Å². The molecule has 2 N–H and O–H groups in total. The van der Waals surface area contributed by atoms with Crippen molar-refractivity contribution in [3.63, 3.8) is 0 Å². The summed E-state index contributed by atoms with van der Waals surface area (Å²) in [5.74, 6) is -1.68. The van der Waals surface area contributed by atoms with Crippen LogP contribution in [0.5, 0.6) is 0 Å². The first kappa shape index (κ1) is 20.7. The standard InChI is InChI=1S/C21H20N4O5/c1-3-22-21(29)23-18(26)13(2)30-20(28)17-15-11-7-8-12-16(15)19(27)25(24-17)14-9-5-4-6-10-14/h4-13H,3H2,1-2H3,(H2,22,23,26,29)/t13-/m0/s1. The Bertz CT molecular complexity index is 1160. The van der Waals surface area contributed by atoms with E-state index < -0.39 is 29.6 Å². The molecule has 3 amide bonds. The van der Waals surface area contributed by atoms with Crippen LogP contribution >= 0.6 is 0 Å². The molecule has 9 heteroatoms. The molecule has 2 aromatic carbocycles. The van der Waals surface area contributed by atoms with Crippen molar-refractivity contribution in [3.8, 4) is 5.69 Å². The van der Waals surface area contributed by atoms with Crippen molar-refractivity contribution in [2.24, 2.45) is 0 Å². The van der Waals surface area contributed by atoms with Gasteiger partial charge in [0.15, 0.2) is 11.8 Å². The summed E-state index contributed by atoms with van der Waals surface area (Å²) in [5.41, 5.74) is -0.0357. The van der Waals surface area contributed by atoms with E-state index in [0.29, 0.717) is 17.6 Å². The highest BCUT2D eigenvalue weighted by atomic mass is 16.5. The van der Waals surface area contributed by atoms with Gasteiger partial charge in [-0.05, 0) is 32.0 Å². The number of para-hydroxylation sites is 1. The fraction of sp³-hybridized carbons (Fsp3) is 0.190. The van der Waals surface area contributed by atoms with E-state index in [1.54, 1.807) is 61.5 Å². The second kappa shape index (κ2) is 8.99. The predicted octanol–water partition coefficient (Wildman–Crippen LogP) is 1.78. The van der Waals surface area contributed by atoms with Crippen molar-refractivity contribution >= 4 is 28.7 Å². The average Bonchev–Trinajstić information content (AvgIpc) is 2.74. The van der Waals surface area contributed by atoms with Gasteiger partial charge in [-0.1, -0.05) is 36.4 Å². The number of fused-ring (bicyclic) bond motifs is 1. The molecule has 3 aromatic rings. The molecular formula is C21H20N4O5. The summed E-state index contributed by atoms with van der Waals surface area (Å²) in [6.07, 6.45) is -1.25. The van der Waals surface area contributed by atoms with E-state index in [1.807, 2.05) is 0 Å². The predicted molar refractivity (Wildman–Crippen MR) is 109 cm³/mol. The average molecular weight is 408 g/mol. The Hall–Kier alpha value is -4.01. The SMILES string of the molecule is CCNC(=O)NC(=O)[C@H](C)OC(=O)c1nn(-c2ccccc2)c(=O)c2ccccc12. The lowest BCUT2D eigenvalue weighted by atomic mass is 10.1. The number of nitrogens with one attached hydrogen (secondary N) is 2. The second-order valence-electron chi connectivity index (χ2n) is 6.34. The first-order valence-electron chi connectivity index (χ1n) is 9.29. The number of hydrogen-bond acceptors (Lipinski definition) is 6. The van der Waals surface area contributed by atoms with Crippen LogP contribution in [0.2, 0.25) is 0 Å². The number of imide groups is 1. The molecule has 1 heterocycles. The quantitative estimate of drug-likeness (QED) is 0.621. The minimum Gasteiger partial charge on any atom is -0.448 e. The molecule has 0 fully saturated rings. The van der Waals surface area contributed by atoms with Gasteiger partial charge in [-0.3, -0.25) is 14.9 Å². The van der Waals surface area contributed by atoms with Crippen LogP contribution in [0.25, 0.3) is 16.5 Å². The van der Waals surface area contributed by atoms with Gasteiger partial charge in [-0.2, -0.15) is 9.78 Å². The van der Waals surface area contributed by atoms with Gasteiger partial charge < -0.3 is 10.1 Å². The Balaban J connectivity index is 1.96. The van der Waals surface area contributed by atoms with Gasteiger partial charge in [-0.15, -0.1) is 0 Å². The maximum absolute atomic E-state index is 12.9. The number of aromatic nitrogens is 2. The van der Waals surface area contributed by atoms with Crippen LogP contribution in [0.4, 0.5) is 4.79 Å². The minimum absolute atomic E-state index is 0.119. The molecule has 0 bridgehead atoms. The fourth-order valence-electron chi connectivity index (χ4n) is 2.77. The topological polar surface area (TPSA) is 119 Å². The normalized spacial score (nSPS) is 11.5. The molecule has 0 aliphatic heterocycles. The summed E-state index contributed by atoms with van der Waals surface area (Å²) in [4.78, 5) is 49.2. The number of carbonyl (C=O) groups excluding carboxylic acids is 3. The maximum atomic E-state index is 12.9.